The van der Waals surface area contributed by atoms with Gasteiger partial charge in [0.15, 0.2) is 0 Å². The van der Waals surface area contributed by atoms with Crippen molar-refractivity contribution in [2.45, 2.75) is 25.8 Å². The molecule has 1 unspecified atom stereocenters. The van der Waals surface area contributed by atoms with Crippen molar-refractivity contribution in [3.63, 3.8) is 0 Å². The predicted octanol–water partition coefficient (Wildman–Crippen LogP) is 3.62. The maximum atomic E-state index is 12.6. The molecule has 4 rings (SSSR count). The Morgan fingerprint density at radius 3 is 2.82 bits per heavy atom. The number of benzene rings is 2. The van der Waals surface area contributed by atoms with E-state index in [1.165, 1.54) is 6.42 Å². The average Bonchev–Trinajstić information content (AvgIpc) is 3.42. The van der Waals surface area contributed by atoms with Gasteiger partial charge in [-0.3, -0.25) is 9.69 Å². The quantitative estimate of drug-likeness (QED) is 0.711. The summed E-state index contributed by atoms with van der Waals surface area (Å²) in [7, 11) is 0. The van der Waals surface area contributed by atoms with Gasteiger partial charge in [0.05, 0.1) is 0 Å². The fraction of sp³-hybridized carbons (Fsp3) is 0.318. The SMILES string of the molecule is CCN1CCCC1CNC(=O)c1cccc(-c2nc(-c3ccccc3)no2)c1. The molecule has 6 nitrogen and oxygen atoms in total. The number of aromatic nitrogens is 2. The van der Waals surface area contributed by atoms with Crippen LogP contribution in [-0.4, -0.2) is 46.6 Å². The first-order valence-corrected chi connectivity index (χ1v) is 9.76. The molecule has 0 aliphatic carbocycles. The topological polar surface area (TPSA) is 71.3 Å². The number of nitrogens with one attached hydrogen (secondary N) is 1. The molecule has 0 radical (unpaired) electrons. The third-order valence-corrected chi connectivity index (χ3v) is 5.23. The molecule has 1 N–H and O–H groups in total. The molecule has 1 aromatic heterocycles. The molecule has 1 amide bonds. The highest BCUT2D eigenvalue weighted by atomic mass is 16.5. The van der Waals surface area contributed by atoms with Gasteiger partial charge in [0.1, 0.15) is 0 Å². The van der Waals surface area contributed by atoms with E-state index in [9.17, 15) is 4.79 Å². The number of amides is 1. The fourth-order valence-electron chi connectivity index (χ4n) is 3.69. The van der Waals surface area contributed by atoms with Crippen LogP contribution in [0.4, 0.5) is 0 Å². The lowest BCUT2D eigenvalue weighted by Gasteiger charge is -2.22. The summed E-state index contributed by atoms with van der Waals surface area (Å²) in [6, 6.07) is 17.4. The Bertz CT molecular complexity index is 938. The summed E-state index contributed by atoms with van der Waals surface area (Å²) < 4.78 is 5.41. The molecule has 2 heterocycles. The summed E-state index contributed by atoms with van der Waals surface area (Å²) in [5.74, 6) is 0.861. The number of carbonyl (C=O) groups is 1. The number of hydrogen-bond donors (Lipinski definition) is 1. The minimum Gasteiger partial charge on any atom is -0.350 e. The number of likely N-dealkylation sites (N-methyl/N-ethyl adjacent to an activating group) is 1. The molecule has 2 aromatic carbocycles. The van der Waals surface area contributed by atoms with Crippen LogP contribution >= 0.6 is 0 Å². The molecule has 28 heavy (non-hydrogen) atoms. The minimum atomic E-state index is -0.0763. The van der Waals surface area contributed by atoms with Gasteiger partial charge in [-0.1, -0.05) is 48.5 Å². The largest absolute Gasteiger partial charge is 0.350 e. The summed E-state index contributed by atoms with van der Waals surface area (Å²) in [5, 5.41) is 7.12. The third kappa shape index (κ3) is 3.97. The molecular formula is C22H24N4O2. The van der Waals surface area contributed by atoms with E-state index >= 15 is 0 Å². The van der Waals surface area contributed by atoms with Crippen molar-refractivity contribution >= 4 is 5.91 Å². The maximum absolute atomic E-state index is 12.6. The van der Waals surface area contributed by atoms with Gasteiger partial charge in [0.25, 0.3) is 11.8 Å². The van der Waals surface area contributed by atoms with Crippen LogP contribution in [0.3, 0.4) is 0 Å². The van der Waals surface area contributed by atoms with Crippen LogP contribution in [0.1, 0.15) is 30.1 Å². The highest BCUT2D eigenvalue weighted by molar-refractivity contribution is 5.95. The number of rotatable bonds is 6. The highest BCUT2D eigenvalue weighted by Crippen LogP contribution is 2.23. The predicted molar refractivity (Wildman–Crippen MR) is 108 cm³/mol. The third-order valence-electron chi connectivity index (χ3n) is 5.23. The van der Waals surface area contributed by atoms with Crippen LogP contribution in [0.2, 0.25) is 0 Å². The van der Waals surface area contributed by atoms with Crippen LogP contribution in [-0.2, 0) is 0 Å². The second kappa shape index (κ2) is 8.35. The van der Waals surface area contributed by atoms with E-state index in [1.54, 1.807) is 12.1 Å². The number of nitrogens with zero attached hydrogens (tertiary/aromatic N) is 3. The smallest absolute Gasteiger partial charge is 0.258 e. The van der Waals surface area contributed by atoms with E-state index in [1.807, 2.05) is 42.5 Å². The Kier molecular flexibility index (Phi) is 5.48. The zero-order chi connectivity index (χ0) is 19.3. The summed E-state index contributed by atoms with van der Waals surface area (Å²) in [4.78, 5) is 19.5. The monoisotopic (exact) mass is 376 g/mol. The molecule has 0 bridgehead atoms. The molecule has 1 saturated heterocycles. The van der Waals surface area contributed by atoms with Crippen molar-refractivity contribution in [2.75, 3.05) is 19.6 Å². The first kappa shape index (κ1) is 18.4. The van der Waals surface area contributed by atoms with E-state index in [0.717, 1.165) is 30.6 Å². The standard InChI is InChI=1S/C22H24N4O2/c1-2-26-13-7-12-19(26)15-23-21(27)17-10-6-11-18(14-17)22-24-20(25-28-22)16-8-4-3-5-9-16/h3-6,8-11,14,19H,2,7,12-13,15H2,1H3,(H,23,27). The Balaban J connectivity index is 1.46. The van der Waals surface area contributed by atoms with Gasteiger partial charge in [-0.25, -0.2) is 0 Å². The van der Waals surface area contributed by atoms with Gasteiger partial charge >= 0.3 is 0 Å². The van der Waals surface area contributed by atoms with Gasteiger partial charge in [0.2, 0.25) is 5.82 Å². The van der Waals surface area contributed by atoms with Crippen LogP contribution < -0.4 is 5.32 Å². The zero-order valence-corrected chi connectivity index (χ0v) is 16.0. The Morgan fingerprint density at radius 1 is 1.18 bits per heavy atom. The minimum absolute atomic E-state index is 0.0763. The van der Waals surface area contributed by atoms with E-state index in [2.05, 4.69) is 27.3 Å². The lowest BCUT2D eigenvalue weighted by molar-refractivity contribution is 0.0941. The van der Waals surface area contributed by atoms with Gasteiger partial charge in [-0.15, -0.1) is 0 Å². The number of likely N-dealkylation sites (tertiary alicyclic amines) is 1. The van der Waals surface area contributed by atoms with Crippen LogP contribution in [0.25, 0.3) is 22.8 Å². The lowest BCUT2D eigenvalue weighted by Crippen LogP contribution is -2.40. The maximum Gasteiger partial charge on any atom is 0.258 e. The van der Waals surface area contributed by atoms with Crippen molar-refractivity contribution in [3.8, 4) is 22.8 Å². The zero-order valence-electron chi connectivity index (χ0n) is 16.0. The molecule has 144 valence electrons. The lowest BCUT2D eigenvalue weighted by atomic mass is 10.1. The molecule has 3 aromatic rings. The summed E-state index contributed by atoms with van der Waals surface area (Å²) in [6.07, 6.45) is 2.34. The van der Waals surface area contributed by atoms with Crippen LogP contribution in [0.15, 0.2) is 59.1 Å². The first-order valence-electron chi connectivity index (χ1n) is 9.76. The molecule has 0 saturated carbocycles. The van der Waals surface area contributed by atoms with Crippen LogP contribution in [0.5, 0.6) is 0 Å². The van der Waals surface area contributed by atoms with E-state index < -0.39 is 0 Å². The average molecular weight is 376 g/mol. The van der Waals surface area contributed by atoms with Gasteiger partial charge in [-0.05, 0) is 44.1 Å². The molecule has 1 aliphatic heterocycles. The molecule has 1 atom stereocenters. The summed E-state index contributed by atoms with van der Waals surface area (Å²) in [5.41, 5.74) is 2.22. The summed E-state index contributed by atoms with van der Waals surface area (Å²) >= 11 is 0. The van der Waals surface area contributed by atoms with E-state index in [4.69, 9.17) is 4.52 Å². The Morgan fingerprint density at radius 2 is 2.00 bits per heavy atom. The first-order chi connectivity index (χ1) is 13.7. The number of carbonyl (C=O) groups excluding carboxylic acids is 1. The van der Waals surface area contributed by atoms with Crippen molar-refractivity contribution in [1.29, 1.82) is 0 Å². The van der Waals surface area contributed by atoms with Crippen molar-refractivity contribution in [2.24, 2.45) is 0 Å². The molecule has 6 heteroatoms. The Labute approximate surface area is 164 Å². The fourth-order valence-corrected chi connectivity index (χ4v) is 3.69. The van der Waals surface area contributed by atoms with Gasteiger partial charge in [-0.2, -0.15) is 4.98 Å². The normalized spacial score (nSPS) is 17.0. The van der Waals surface area contributed by atoms with Gasteiger partial charge in [0, 0.05) is 29.3 Å². The van der Waals surface area contributed by atoms with Crippen molar-refractivity contribution in [1.82, 2.24) is 20.4 Å². The molecule has 1 aliphatic rings. The molecule has 1 fully saturated rings. The van der Waals surface area contributed by atoms with Crippen LogP contribution in [0, 0.1) is 0 Å². The Hall–Kier alpha value is -2.99. The highest BCUT2D eigenvalue weighted by Gasteiger charge is 2.23. The molecule has 0 spiro atoms. The second-order valence-corrected chi connectivity index (χ2v) is 7.00. The molecular weight excluding hydrogens is 352 g/mol. The summed E-state index contributed by atoms with van der Waals surface area (Å²) in [6.45, 7) is 4.98. The second-order valence-electron chi connectivity index (χ2n) is 7.00. The van der Waals surface area contributed by atoms with Crippen molar-refractivity contribution < 1.29 is 9.32 Å². The van der Waals surface area contributed by atoms with E-state index in [0.29, 0.717) is 29.9 Å². The van der Waals surface area contributed by atoms with Crippen molar-refractivity contribution in [3.05, 3.63) is 60.2 Å². The number of hydrogen-bond acceptors (Lipinski definition) is 5. The van der Waals surface area contributed by atoms with Gasteiger partial charge < -0.3 is 9.84 Å². The van der Waals surface area contributed by atoms with E-state index in [-0.39, 0.29) is 5.91 Å².